The van der Waals surface area contributed by atoms with Gasteiger partial charge in [-0.05, 0) is 20.3 Å². The van der Waals surface area contributed by atoms with Crippen LogP contribution in [0.15, 0.2) is 12.3 Å². The quantitative estimate of drug-likeness (QED) is 0.611. The summed E-state index contributed by atoms with van der Waals surface area (Å²) in [6.07, 6.45) is 1.93. The van der Waals surface area contributed by atoms with E-state index in [4.69, 9.17) is 0 Å². The molecule has 1 aromatic rings. The first-order chi connectivity index (χ1) is 9.54. The number of hydrogen-bond donors (Lipinski definition) is 1. The third kappa shape index (κ3) is 3.66. The van der Waals surface area contributed by atoms with E-state index in [2.05, 4.69) is 10.3 Å². The fourth-order valence-corrected chi connectivity index (χ4v) is 1.89. The van der Waals surface area contributed by atoms with Crippen molar-refractivity contribution in [2.45, 2.75) is 27.2 Å². The summed E-state index contributed by atoms with van der Waals surface area (Å²) >= 11 is 0. The zero-order chi connectivity index (χ0) is 15.1. The number of nitrogens with zero attached hydrogens (tertiary/aromatic N) is 3. The Labute approximate surface area is 118 Å². The van der Waals surface area contributed by atoms with Crippen LogP contribution in [-0.4, -0.2) is 40.3 Å². The van der Waals surface area contributed by atoms with Gasteiger partial charge in [-0.25, -0.2) is 4.98 Å². The fourth-order valence-electron chi connectivity index (χ4n) is 1.89. The molecule has 20 heavy (non-hydrogen) atoms. The summed E-state index contributed by atoms with van der Waals surface area (Å²) in [6.45, 7) is 7.42. The molecule has 0 spiro atoms. The first kappa shape index (κ1) is 15.9. The van der Waals surface area contributed by atoms with Crippen LogP contribution in [0, 0.1) is 10.1 Å². The lowest BCUT2D eigenvalue weighted by atomic mass is 10.2. The summed E-state index contributed by atoms with van der Waals surface area (Å²) in [4.78, 5) is 28.4. The second-order valence-corrected chi connectivity index (χ2v) is 4.26. The standard InChI is InChI=1S/C13H20N4O3/c1-4-7-16(6-3)13(18)10-8-12(14-5-2)15-9-11(10)17(19)20/h8-9H,4-7H2,1-3H3,(H,14,15). The first-order valence-corrected chi connectivity index (χ1v) is 6.72. The van der Waals surface area contributed by atoms with Crippen molar-refractivity contribution < 1.29 is 9.72 Å². The second-order valence-electron chi connectivity index (χ2n) is 4.26. The molecule has 0 atom stereocenters. The molecule has 0 bridgehead atoms. The van der Waals surface area contributed by atoms with Crippen molar-refractivity contribution in [3.8, 4) is 0 Å². The van der Waals surface area contributed by atoms with Crippen LogP contribution >= 0.6 is 0 Å². The maximum atomic E-state index is 12.4. The van der Waals surface area contributed by atoms with Crippen molar-refractivity contribution in [1.29, 1.82) is 0 Å². The molecule has 0 aliphatic carbocycles. The lowest BCUT2D eigenvalue weighted by molar-refractivity contribution is -0.385. The molecule has 7 heteroatoms. The van der Waals surface area contributed by atoms with E-state index in [0.29, 0.717) is 25.5 Å². The number of rotatable bonds is 7. The monoisotopic (exact) mass is 280 g/mol. The third-order valence-corrected chi connectivity index (χ3v) is 2.83. The summed E-state index contributed by atoms with van der Waals surface area (Å²) in [5, 5.41) is 14.0. The number of anilines is 1. The Kier molecular flexibility index (Phi) is 5.89. The van der Waals surface area contributed by atoms with E-state index in [1.54, 1.807) is 4.90 Å². The van der Waals surface area contributed by atoms with Crippen molar-refractivity contribution in [3.63, 3.8) is 0 Å². The molecule has 0 saturated heterocycles. The Balaban J connectivity index is 3.20. The topological polar surface area (TPSA) is 88.4 Å². The van der Waals surface area contributed by atoms with Gasteiger partial charge in [-0.1, -0.05) is 6.92 Å². The Morgan fingerprint density at radius 2 is 2.15 bits per heavy atom. The van der Waals surface area contributed by atoms with Gasteiger partial charge in [-0.15, -0.1) is 0 Å². The molecule has 1 heterocycles. The number of hydrogen-bond acceptors (Lipinski definition) is 5. The van der Waals surface area contributed by atoms with Gasteiger partial charge in [-0.3, -0.25) is 14.9 Å². The third-order valence-electron chi connectivity index (χ3n) is 2.83. The molecule has 0 aliphatic heterocycles. The Bertz CT molecular complexity index is 491. The highest BCUT2D eigenvalue weighted by Crippen LogP contribution is 2.22. The van der Waals surface area contributed by atoms with Gasteiger partial charge in [0.15, 0.2) is 0 Å². The van der Waals surface area contributed by atoms with E-state index in [-0.39, 0.29) is 17.2 Å². The molecule has 1 N–H and O–H groups in total. The van der Waals surface area contributed by atoms with Gasteiger partial charge in [0.05, 0.1) is 4.92 Å². The summed E-state index contributed by atoms with van der Waals surface area (Å²) in [7, 11) is 0. The van der Waals surface area contributed by atoms with Crippen LogP contribution in [0.1, 0.15) is 37.6 Å². The van der Waals surface area contributed by atoms with Crippen LogP contribution in [-0.2, 0) is 0 Å². The lowest BCUT2D eigenvalue weighted by Crippen LogP contribution is -2.32. The zero-order valence-corrected chi connectivity index (χ0v) is 12.0. The highest BCUT2D eigenvalue weighted by Gasteiger charge is 2.24. The van der Waals surface area contributed by atoms with Crippen LogP contribution < -0.4 is 5.32 Å². The molecular weight excluding hydrogens is 260 g/mol. The van der Waals surface area contributed by atoms with Gasteiger partial charge in [0, 0.05) is 25.7 Å². The maximum Gasteiger partial charge on any atom is 0.300 e. The van der Waals surface area contributed by atoms with Crippen molar-refractivity contribution in [2.24, 2.45) is 0 Å². The molecule has 0 aromatic carbocycles. The van der Waals surface area contributed by atoms with Crippen LogP contribution in [0.25, 0.3) is 0 Å². The van der Waals surface area contributed by atoms with Crippen LogP contribution in [0.2, 0.25) is 0 Å². The number of aromatic nitrogens is 1. The number of carbonyl (C=O) groups is 1. The molecule has 1 aromatic heterocycles. The van der Waals surface area contributed by atoms with E-state index in [9.17, 15) is 14.9 Å². The smallest absolute Gasteiger partial charge is 0.300 e. The van der Waals surface area contributed by atoms with Crippen molar-refractivity contribution in [1.82, 2.24) is 9.88 Å². The van der Waals surface area contributed by atoms with Crippen molar-refractivity contribution in [2.75, 3.05) is 25.0 Å². The highest BCUT2D eigenvalue weighted by molar-refractivity contribution is 5.98. The zero-order valence-electron chi connectivity index (χ0n) is 12.0. The average molecular weight is 280 g/mol. The lowest BCUT2D eigenvalue weighted by Gasteiger charge is -2.20. The van der Waals surface area contributed by atoms with Gasteiger partial charge >= 0.3 is 0 Å². The van der Waals surface area contributed by atoms with Crippen molar-refractivity contribution >= 4 is 17.4 Å². The van der Waals surface area contributed by atoms with Crippen LogP contribution in [0.5, 0.6) is 0 Å². The number of carbonyl (C=O) groups excluding carboxylic acids is 1. The van der Waals surface area contributed by atoms with E-state index >= 15 is 0 Å². The average Bonchev–Trinajstić information content (AvgIpc) is 2.44. The van der Waals surface area contributed by atoms with Crippen LogP contribution in [0.3, 0.4) is 0 Å². The normalized spacial score (nSPS) is 10.2. The van der Waals surface area contributed by atoms with E-state index in [1.807, 2.05) is 20.8 Å². The molecule has 0 radical (unpaired) electrons. The SMILES string of the molecule is CCCN(CC)C(=O)c1cc(NCC)ncc1[N+](=O)[O-]. The Morgan fingerprint density at radius 3 is 2.65 bits per heavy atom. The van der Waals surface area contributed by atoms with Gasteiger partial charge < -0.3 is 10.2 Å². The summed E-state index contributed by atoms with van der Waals surface area (Å²) in [6, 6.07) is 1.45. The summed E-state index contributed by atoms with van der Waals surface area (Å²) < 4.78 is 0. The highest BCUT2D eigenvalue weighted by atomic mass is 16.6. The minimum absolute atomic E-state index is 0.0799. The van der Waals surface area contributed by atoms with Gasteiger partial charge in [0.2, 0.25) is 0 Å². The van der Waals surface area contributed by atoms with E-state index < -0.39 is 4.92 Å². The predicted octanol–water partition coefficient (Wildman–Crippen LogP) is 2.29. The molecule has 7 nitrogen and oxygen atoms in total. The second kappa shape index (κ2) is 7.42. The van der Waals surface area contributed by atoms with Crippen molar-refractivity contribution in [3.05, 3.63) is 27.9 Å². The molecule has 1 rings (SSSR count). The number of nitro groups is 1. The Morgan fingerprint density at radius 1 is 1.45 bits per heavy atom. The van der Waals surface area contributed by atoms with E-state index in [0.717, 1.165) is 12.6 Å². The first-order valence-electron chi connectivity index (χ1n) is 6.72. The fraction of sp³-hybridized carbons (Fsp3) is 0.538. The number of nitrogens with one attached hydrogen (secondary N) is 1. The van der Waals surface area contributed by atoms with Gasteiger partial charge in [0.1, 0.15) is 17.6 Å². The minimum Gasteiger partial charge on any atom is -0.370 e. The summed E-state index contributed by atoms with van der Waals surface area (Å²) in [5.41, 5.74) is -0.178. The maximum absolute atomic E-state index is 12.4. The molecule has 0 aliphatic rings. The minimum atomic E-state index is -0.574. The molecule has 0 fully saturated rings. The van der Waals surface area contributed by atoms with Crippen LogP contribution in [0.4, 0.5) is 11.5 Å². The van der Waals surface area contributed by atoms with Gasteiger partial charge in [-0.2, -0.15) is 0 Å². The molecular formula is C13H20N4O3. The Hall–Kier alpha value is -2.18. The number of amides is 1. The predicted molar refractivity (Wildman–Crippen MR) is 76.9 cm³/mol. The largest absolute Gasteiger partial charge is 0.370 e. The van der Waals surface area contributed by atoms with E-state index in [1.165, 1.54) is 6.07 Å². The molecule has 0 unspecified atom stereocenters. The summed E-state index contributed by atoms with van der Waals surface area (Å²) in [5.74, 6) is 0.136. The molecule has 110 valence electrons. The molecule has 0 saturated carbocycles. The number of pyridine rings is 1. The molecule has 1 amide bonds. The van der Waals surface area contributed by atoms with Gasteiger partial charge in [0.25, 0.3) is 11.6 Å².